The van der Waals surface area contributed by atoms with E-state index < -0.39 is 0 Å². The Bertz CT molecular complexity index is 958. The highest BCUT2D eigenvalue weighted by molar-refractivity contribution is 8.00. The second-order valence-corrected chi connectivity index (χ2v) is 6.92. The summed E-state index contributed by atoms with van der Waals surface area (Å²) in [5.41, 5.74) is 2.47. The number of rotatable bonds is 5. The van der Waals surface area contributed by atoms with Gasteiger partial charge in [0.2, 0.25) is 5.16 Å². The standard InChI is InChI=1S/C18H16N4O3S/c1-24-14-8-11-9-16(17(23)13(11)10-15(14)25-2)26-18-19-20-21-22(18)12-6-4-3-5-7-12/h3-8,10,16H,9H2,1-2H3/t16-/m0/s1. The van der Waals surface area contributed by atoms with Gasteiger partial charge in [-0.2, -0.15) is 4.68 Å². The maximum Gasteiger partial charge on any atom is 0.214 e. The number of tetrazole rings is 1. The zero-order chi connectivity index (χ0) is 18.1. The summed E-state index contributed by atoms with van der Waals surface area (Å²) in [5.74, 6) is 1.23. The largest absolute Gasteiger partial charge is 0.493 e. The average Bonchev–Trinajstić information content (AvgIpc) is 3.26. The van der Waals surface area contributed by atoms with E-state index >= 15 is 0 Å². The number of para-hydroxylation sites is 1. The topological polar surface area (TPSA) is 79.1 Å². The molecular weight excluding hydrogens is 352 g/mol. The molecule has 3 aromatic rings. The van der Waals surface area contributed by atoms with E-state index in [-0.39, 0.29) is 11.0 Å². The van der Waals surface area contributed by atoms with Crippen LogP contribution in [0.25, 0.3) is 5.69 Å². The minimum absolute atomic E-state index is 0.0496. The van der Waals surface area contributed by atoms with Crippen LogP contribution >= 0.6 is 11.8 Å². The van der Waals surface area contributed by atoms with Crippen molar-refractivity contribution in [2.45, 2.75) is 16.8 Å². The van der Waals surface area contributed by atoms with Crippen molar-refractivity contribution in [1.82, 2.24) is 20.2 Å². The monoisotopic (exact) mass is 368 g/mol. The number of benzene rings is 2. The van der Waals surface area contributed by atoms with Crippen LogP contribution in [0.4, 0.5) is 0 Å². The molecule has 1 heterocycles. The van der Waals surface area contributed by atoms with E-state index in [4.69, 9.17) is 9.47 Å². The van der Waals surface area contributed by atoms with Crippen molar-refractivity contribution in [1.29, 1.82) is 0 Å². The van der Waals surface area contributed by atoms with Gasteiger partial charge in [0.05, 0.1) is 25.2 Å². The van der Waals surface area contributed by atoms with Crippen LogP contribution in [0, 0.1) is 0 Å². The lowest BCUT2D eigenvalue weighted by Crippen LogP contribution is -2.13. The average molecular weight is 368 g/mol. The maximum atomic E-state index is 12.8. The third-order valence-electron chi connectivity index (χ3n) is 4.26. The number of carbonyl (C=O) groups excluding carboxylic acids is 1. The van der Waals surface area contributed by atoms with Gasteiger partial charge in [0.1, 0.15) is 0 Å². The molecule has 1 atom stereocenters. The lowest BCUT2D eigenvalue weighted by Gasteiger charge is -2.09. The lowest BCUT2D eigenvalue weighted by molar-refractivity contribution is 0.1000. The molecule has 0 saturated heterocycles. The summed E-state index contributed by atoms with van der Waals surface area (Å²) in [6.07, 6.45) is 0.598. The van der Waals surface area contributed by atoms with Crippen molar-refractivity contribution >= 4 is 17.5 Å². The fourth-order valence-electron chi connectivity index (χ4n) is 2.99. The van der Waals surface area contributed by atoms with Crippen molar-refractivity contribution in [2.24, 2.45) is 0 Å². The smallest absolute Gasteiger partial charge is 0.214 e. The number of nitrogens with zero attached hydrogens (tertiary/aromatic N) is 4. The molecule has 0 amide bonds. The summed E-state index contributed by atoms with van der Waals surface area (Å²) < 4.78 is 12.3. The molecule has 7 nitrogen and oxygen atoms in total. The fraction of sp³-hybridized carbons (Fsp3) is 0.222. The fourth-order valence-corrected chi connectivity index (χ4v) is 4.07. The number of ketones is 1. The Morgan fingerprint density at radius 1 is 1.12 bits per heavy atom. The molecule has 0 saturated carbocycles. The number of Topliss-reactive ketones (excluding diaryl/α,β-unsaturated/α-hetero) is 1. The van der Waals surface area contributed by atoms with Crippen molar-refractivity contribution in [3.05, 3.63) is 53.6 Å². The predicted octanol–water partition coefficient (Wildman–Crippen LogP) is 2.58. The Morgan fingerprint density at radius 2 is 1.85 bits per heavy atom. The molecule has 1 aliphatic rings. The first-order valence-electron chi connectivity index (χ1n) is 8.01. The molecule has 4 rings (SSSR count). The Balaban J connectivity index is 1.62. The quantitative estimate of drug-likeness (QED) is 0.685. The lowest BCUT2D eigenvalue weighted by atomic mass is 10.1. The van der Waals surface area contributed by atoms with Gasteiger partial charge >= 0.3 is 0 Å². The summed E-state index contributed by atoms with van der Waals surface area (Å²) in [6, 6.07) is 13.2. The van der Waals surface area contributed by atoms with E-state index in [1.54, 1.807) is 25.0 Å². The van der Waals surface area contributed by atoms with Crippen LogP contribution in [-0.4, -0.2) is 45.5 Å². The summed E-state index contributed by atoms with van der Waals surface area (Å²) in [6.45, 7) is 0. The van der Waals surface area contributed by atoms with Gasteiger partial charge in [-0.05, 0) is 46.7 Å². The van der Waals surface area contributed by atoms with E-state index in [2.05, 4.69) is 15.5 Å². The first-order chi connectivity index (χ1) is 12.7. The summed E-state index contributed by atoms with van der Waals surface area (Å²) in [7, 11) is 3.14. The molecule has 0 unspecified atom stereocenters. The normalized spacial score (nSPS) is 15.8. The van der Waals surface area contributed by atoms with Crippen LogP contribution in [0.5, 0.6) is 11.5 Å². The molecule has 0 bridgehead atoms. The summed E-state index contributed by atoms with van der Waals surface area (Å²) in [4.78, 5) is 12.8. The number of thioether (sulfide) groups is 1. The second kappa shape index (κ2) is 6.80. The van der Waals surface area contributed by atoms with Crippen molar-refractivity contribution in [3.63, 3.8) is 0 Å². The van der Waals surface area contributed by atoms with Crippen LogP contribution < -0.4 is 9.47 Å². The molecule has 0 spiro atoms. The third-order valence-corrected chi connectivity index (χ3v) is 5.39. The highest BCUT2D eigenvalue weighted by Crippen LogP contribution is 2.39. The number of hydrogen-bond acceptors (Lipinski definition) is 7. The molecular formula is C18H16N4O3S. The van der Waals surface area contributed by atoms with Gasteiger partial charge in [-0.15, -0.1) is 5.10 Å². The molecule has 132 valence electrons. The second-order valence-electron chi connectivity index (χ2n) is 5.75. The number of ether oxygens (including phenoxy) is 2. The van der Waals surface area contributed by atoms with Crippen LogP contribution in [0.2, 0.25) is 0 Å². The molecule has 0 N–H and O–H groups in total. The van der Waals surface area contributed by atoms with Gasteiger partial charge in [0.15, 0.2) is 17.3 Å². The van der Waals surface area contributed by atoms with E-state index in [0.29, 0.717) is 28.6 Å². The predicted molar refractivity (Wildman–Crippen MR) is 96.4 cm³/mol. The van der Waals surface area contributed by atoms with Gasteiger partial charge in [-0.25, -0.2) is 0 Å². The number of carbonyl (C=O) groups is 1. The van der Waals surface area contributed by atoms with Crippen molar-refractivity contribution in [3.8, 4) is 17.2 Å². The highest BCUT2D eigenvalue weighted by atomic mass is 32.2. The minimum Gasteiger partial charge on any atom is -0.493 e. The Hall–Kier alpha value is -2.87. The zero-order valence-corrected chi connectivity index (χ0v) is 15.1. The number of fused-ring (bicyclic) bond motifs is 1. The van der Waals surface area contributed by atoms with Crippen molar-refractivity contribution < 1.29 is 14.3 Å². The van der Waals surface area contributed by atoms with Gasteiger partial charge in [-0.1, -0.05) is 30.0 Å². The number of aromatic nitrogens is 4. The van der Waals surface area contributed by atoms with Crippen LogP contribution in [0.15, 0.2) is 47.6 Å². The van der Waals surface area contributed by atoms with Crippen molar-refractivity contribution in [2.75, 3.05) is 14.2 Å². The summed E-state index contributed by atoms with van der Waals surface area (Å²) >= 11 is 1.37. The molecule has 2 aromatic carbocycles. The molecule has 0 radical (unpaired) electrons. The summed E-state index contributed by atoms with van der Waals surface area (Å²) in [5, 5.41) is 12.2. The first kappa shape index (κ1) is 16.6. The highest BCUT2D eigenvalue weighted by Gasteiger charge is 2.34. The third kappa shape index (κ3) is 2.82. The number of hydrogen-bond donors (Lipinski definition) is 0. The maximum absolute atomic E-state index is 12.8. The van der Waals surface area contributed by atoms with E-state index in [9.17, 15) is 4.79 Å². The van der Waals surface area contributed by atoms with Gasteiger partial charge in [0, 0.05) is 5.56 Å². The van der Waals surface area contributed by atoms with Gasteiger partial charge < -0.3 is 9.47 Å². The Kier molecular flexibility index (Phi) is 4.34. The number of methoxy groups -OCH3 is 2. The van der Waals surface area contributed by atoms with E-state index in [1.807, 2.05) is 36.4 Å². The van der Waals surface area contributed by atoms with E-state index in [0.717, 1.165) is 11.3 Å². The SMILES string of the molecule is COc1cc2c(cc1OC)C(=O)[C@@H](Sc1nnnn1-c1ccccc1)C2. The van der Waals surface area contributed by atoms with Crippen LogP contribution in [0.1, 0.15) is 15.9 Å². The molecule has 1 aliphatic carbocycles. The first-order valence-corrected chi connectivity index (χ1v) is 8.89. The van der Waals surface area contributed by atoms with Gasteiger partial charge in [0.25, 0.3) is 0 Å². The molecule has 26 heavy (non-hydrogen) atoms. The Morgan fingerprint density at radius 3 is 2.58 bits per heavy atom. The minimum atomic E-state index is -0.282. The van der Waals surface area contributed by atoms with E-state index in [1.165, 1.54) is 11.8 Å². The molecule has 8 heteroatoms. The molecule has 1 aromatic heterocycles. The molecule has 0 fully saturated rings. The van der Waals surface area contributed by atoms with Crippen LogP contribution in [0.3, 0.4) is 0 Å². The van der Waals surface area contributed by atoms with Crippen LogP contribution in [-0.2, 0) is 6.42 Å². The van der Waals surface area contributed by atoms with Gasteiger partial charge in [-0.3, -0.25) is 4.79 Å². The Labute approximate surface area is 154 Å². The zero-order valence-electron chi connectivity index (χ0n) is 14.2. The molecule has 0 aliphatic heterocycles.